The highest BCUT2D eigenvalue weighted by molar-refractivity contribution is 8.00. The van der Waals surface area contributed by atoms with E-state index in [0.29, 0.717) is 23.9 Å². The van der Waals surface area contributed by atoms with E-state index in [9.17, 15) is 9.59 Å². The summed E-state index contributed by atoms with van der Waals surface area (Å²) in [5, 5.41) is 6.26. The molecule has 6 heteroatoms. The lowest BCUT2D eigenvalue weighted by Crippen LogP contribution is -2.39. The van der Waals surface area contributed by atoms with E-state index in [1.165, 1.54) is 31.0 Å². The Balaban J connectivity index is 1.90. The quantitative estimate of drug-likeness (QED) is 0.634. The van der Waals surface area contributed by atoms with Crippen molar-refractivity contribution in [1.29, 1.82) is 0 Å². The summed E-state index contributed by atoms with van der Waals surface area (Å²) in [5.41, 5.74) is 0.638. The minimum Gasteiger partial charge on any atom is -0.350 e. The van der Waals surface area contributed by atoms with Crippen LogP contribution in [-0.4, -0.2) is 54.7 Å². The van der Waals surface area contributed by atoms with E-state index < -0.39 is 0 Å². The summed E-state index contributed by atoms with van der Waals surface area (Å²) in [7, 11) is 1.92. The zero-order valence-corrected chi connectivity index (χ0v) is 17.6. The van der Waals surface area contributed by atoms with Crippen molar-refractivity contribution >= 4 is 23.6 Å². The van der Waals surface area contributed by atoms with Gasteiger partial charge in [-0.2, -0.15) is 0 Å². The highest BCUT2D eigenvalue weighted by atomic mass is 32.2. The van der Waals surface area contributed by atoms with Crippen molar-refractivity contribution in [2.45, 2.75) is 62.9 Å². The number of benzene rings is 1. The van der Waals surface area contributed by atoms with E-state index in [1.807, 2.05) is 50.1 Å². The molecule has 2 rings (SSSR count). The van der Waals surface area contributed by atoms with Crippen molar-refractivity contribution in [2.75, 3.05) is 25.9 Å². The summed E-state index contributed by atoms with van der Waals surface area (Å²) < 4.78 is 0. The first-order chi connectivity index (χ1) is 13.0. The minimum atomic E-state index is -0.0871. The van der Waals surface area contributed by atoms with E-state index in [2.05, 4.69) is 10.6 Å². The first kappa shape index (κ1) is 21.8. The predicted molar refractivity (Wildman–Crippen MR) is 112 cm³/mol. The predicted octanol–water partition coefficient (Wildman–Crippen LogP) is 3.30. The van der Waals surface area contributed by atoms with Crippen LogP contribution in [0, 0.1) is 0 Å². The molecule has 27 heavy (non-hydrogen) atoms. The van der Waals surface area contributed by atoms with Gasteiger partial charge in [0.1, 0.15) is 0 Å². The highest BCUT2D eigenvalue weighted by Crippen LogP contribution is 2.25. The molecular weight excluding hydrogens is 358 g/mol. The molecule has 0 aromatic heterocycles. The molecule has 0 radical (unpaired) electrons. The molecule has 1 fully saturated rings. The van der Waals surface area contributed by atoms with E-state index >= 15 is 0 Å². The lowest BCUT2D eigenvalue weighted by Gasteiger charge is -2.31. The molecule has 1 aromatic carbocycles. The Hall–Kier alpha value is -1.53. The van der Waals surface area contributed by atoms with Gasteiger partial charge in [0.25, 0.3) is 5.91 Å². The monoisotopic (exact) mass is 391 g/mol. The molecule has 5 nitrogen and oxygen atoms in total. The standard InChI is InChI=1S/C21H33N3O2S/c1-4-22-16(2)14-23-21(26)18-12-8-9-13-19(18)27-15-20(25)24(3)17-10-6-5-7-11-17/h8-9,12-13,16-17,22H,4-7,10-11,14-15H2,1-3H3,(H,23,26)/t16-/m1/s1. The van der Waals surface area contributed by atoms with Crippen molar-refractivity contribution in [3.8, 4) is 0 Å². The Morgan fingerprint density at radius 1 is 1.22 bits per heavy atom. The summed E-state index contributed by atoms with van der Waals surface area (Å²) in [5.74, 6) is 0.421. The van der Waals surface area contributed by atoms with Gasteiger partial charge >= 0.3 is 0 Å². The van der Waals surface area contributed by atoms with Gasteiger partial charge in [-0.3, -0.25) is 9.59 Å². The number of nitrogens with zero attached hydrogens (tertiary/aromatic N) is 1. The number of hydrogen-bond acceptors (Lipinski definition) is 4. The van der Waals surface area contributed by atoms with Crippen molar-refractivity contribution in [1.82, 2.24) is 15.5 Å². The van der Waals surface area contributed by atoms with Gasteiger partial charge in [0.15, 0.2) is 0 Å². The van der Waals surface area contributed by atoms with Gasteiger partial charge in [-0.25, -0.2) is 0 Å². The highest BCUT2D eigenvalue weighted by Gasteiger charge is 2.22. The molecule has 1 aliphatic rings. The molecule has 0 heterocycles. The number of likely N-dealkylation sites (N-methyl/N-ethyl adjacent to an activating group) is 1. The largest absolute Gasteiger partial charge is 0.350 e. The maximum atomic E-state index is 12.6. The van der Waals surface area contributed by atoms with Crippen LogP contribution in [0.4, 0.5) is 0 Å². The minimum absolute atomic E-state index is 0.0871. The second kappa shape index (κ2) is 11.3. The van der Waals surface area contributed by atoms with Crippen LogP contribution in [0.5, 0.6) is 0 Å². The lowest BCUT2D eigenvalue weighted by molar-refractivity contribution is -0.129. The van der Waals surface area contributed by atoms with Crippen LogP contribution in [0.15, 0.2) is 29.2 Å². The molecule has 1 saturated carbocycles. The molecule has 1 aliphatic carbocycles. The second-order valence-corrected chi connectivity index (χ2v) is 8.27. The van der Waals surface area contributed by atoms with Crippen LogP contribution in [0.25, 0.3) is 0 Å². The van der Waals surface area contributed by atoms with E-state index in [-0.39, 0.29) is 17.9 Å². The average Bonchev–Trinajstić information content (AvgIpc) is 2.70. The molecule has 1 atom stereocenters. The van der Waals surface area contributed by atoms with Gasteiger partial charge in [-0.1, -0.05) is 38.3 Å². The summed E-state index contributed by atoms with van der Waals surface area (Å²) in [6.07, 6.45) is 5.92. The molecule has 0 spiro atoms. The number of rotatable bonds is 9. The summed E-state index contributed by atoms with van der Waals surface area (Å²) in [6, 6.07) is 8.12. The second-order valence-electron chi connectivity index (χ2n) is 7.25. The fraction of sp³-hybridized carbons (Fsp3) is 0.619. The molecule has 0 saturated heterocycles. The number of amides is 2. The molecule has 1 aromatic rings. The van der Waals surface area contributed by atoms with E-state index in [1.54, 1.807) is 0 Å². The lowest BCUT2D eigenvalue weighted by atomic mass is 9.94. The summed E-state index contributed by atoms with van der Waals surface area (Å²) in [4.78, 5) is 27.9. The van der Waals surface area contributed by atoms with Gasteiger partial charge in [-0.15, -0.1) is 11.8 Å². The van der Waals surface area contributed by atoms with Gasteiger partial charge in [0.05, 0.1) is 11.3 Å². The van der Waals surface area contributed by atoms with Gasteiger partial charge < -0.3 is 15.5 Å². The van der Waals surface area contributed by atoms with Crippen LogP contribution < -0.4 is 10.6 Å². The number of hydrogen-bond donors (Lipinski definition) is 2. The van der Waals surface area contributed by atoms with Crippen LogP contribution >= 0.6 is 11.8 Å². The Kier molecular flexibility index (Phi) is 9.15. The first-order valence-corrected chi connectivity index (χ1v) is 11.0. The molecule has 2 amide bonds. The number of nitrogens with one attached hydrogen (secondary N) is 2. The zero-order chi connectivity index (χ0) is 19.6. The Labute approximate surface area is 167 Å². The third kappa shape index (κ3) is 6.85. The molecule has 0 aliphatic heterocycles. The van der Waals surface area contributed by atoms with Crippen LogP contribution in [0.1, 0.15) is 56.3 Å². The topological polar surface area (TPSA) is 61.4 Å². The molecule has 2 N–H and O–H groups in total. The Morgan fingerprint density at radius 2 is 1.93 bits per heavy atom. The molecule has 150 valence electrons. The third-order valence-corrected chi connectivity index (χ3v) is 6.18. The van der Waals surface area contributed by atoms with Crippen LogP contribution in [0.3, 0.4) is 0 Å². The van der Waals surface area contributed by atoms with Crippen molar-refractivity contribution in [2.24, 2.45) is 0 Å². The smallest absolute Gasteiger partial charge is 0.252 e. The van der Waals surface area contributed by atoms with Crippen LogP contribution in [-0.2, 0) is 4.79 Å². The van der Waals surface area contributed by atoms with Gasteiger partial charge in [-0.05, 0) is 38.4 Å². The van der Waals surface area contributed by atoms with Gasteiger partial charge in [0, 0.05) is 30.6 Å². The van der Waals surface area contributed by atoms with E-state index in [0.717, 1.165) is 24.3 Å². The summed E-state index contributed by atoms with van der Waals surface area (Å²) in [6.45, 7) is 5.55. The Morgan fingerprint density at radius 3 is 2.63 bits per heavy atom. The fourth-order valence-corrected chi connectivity index (χ4v) is 4.43. The fourth-order valence-electron chi connectivity index (χ4n) is 3.46. The zero-order valence-electron chi connectivity index (χ0n) is 16.8. The maximum Gasteiger partial charge on any atom is 0.252 e. The van der Waals surface area contributed by atoms with Gasteiger partial charge in [0.2, 0.25) is 5.91 Å². The molecule has 0 unspecified atom stereocenters. The normalized spacial score (nSPS) is 16.0. The molecule has 0 bridgehead atoms. The van der Waals surface area contributed by atoms with Crippen molar-refractivity contribution in [3.05, 3.63) is 29.8 Å². The SMILES string of the molecule is CCN[C@H](C)CNC(=O)c1ccccc1SCC(=O)N(C)C1CCCCC1. The molecular formula is C21H33N3O2S. The van der Waals surface area contributed by atoms with Crippen molar-refractivity contribution < 1.29 is 9.59 Å². The number of carbonyl (C=O) groups excluding carboxylic acids is 2. The Bertz CT molecular complexity index is 617. The van der Waals surface area contributed by atoms with Crippen LogP contribution in [0.2, 0.25) is 0 Å². The third-order valence-electron chi connectivity index (χ3n) is 5.12. The first-order valence-electron chi connectivity index (χ1n) is 10.0. The number of thioether (sulfide) groups is 1. The average molecular weight is 392 g/mol. The number of carbonyl (C=O) groups is 2. The summed E-state index contributed by atoms with van der Waals surface area (Å²) >= 11 is 1.45. The van der Waals surface area contributed by atoms with E-state index in [4.69, 9.17) is 0 Å². The maximum absolute atomic E-state index is 12.6. The van der Waals surface area contributed by atoms with Crippen molar-refractivity contribution in [3.63, 3.8) is 0 Å².